The van der Waals surface area contributed by atoms with Crippen molar-refractivity contribution in [2.24, 2.45) is 0 Å². The van der Waals surface area contributed by atoms with Gasteiger partial charge in [0.15, 0.2) is 0 Å². The molecule has 55 heavy (non-hydrogen) atoms. The number of hydrogen-bond acceptors (Lipinski definition) is 3. The first-order chi connectivity index (χ1) is 27.3. The van der Waals surface area contributed by atoms with E-state index in [1.807, 2.05) is 0 Å². The molecule has 0 saturated carbocycles. The van der Waals surface area contributed by atoms with Crippen LogP contribution in [0.5, 0.6) is 0 Å². The Morgan fingerprint density at radius 2 is 1.15 bits per heavy atom. The van der Waals surface area contributed by atoms with Crippen molar-refractivity contribution in [1.29, 1.82) is 0 Å². The monoisotopic (exact) mass is 718 g/mol. The molecule has 0 saturated heterocycles. The molecule has 0 aliphatic rings. The number of furan rings is 1. The highest BCUT2D eigenvalue weighted by Gasteiger charge is 2.22. The van der Waals surface area contributed by atoms with Gasteiger partial charge in [0.05, 0.1) is 21.3 Å². The Hall–Kier alpha value is -7.01. The molecule has 3 heterocycles. The topological polar surface area (TPSA) is 31.0 Å². The average Bonchev–Trinajstić information content (AvgIpc) is 3.96. The van der Waals surface area contributed by atoms with E-state index in [1.54, 1.807) is 11.3 Å². The highest BCUT2D eigenvalue weighted by molar-refractivity contribution is 7.22. The molecule has 12 aromatic rings. The number of rotatable bonds is 4. The number of hydrogen-bond donors (Lipinski definition) is 0. The summed E-state index contributed by atoms with van der Waals surface area (Å²) in [5.74, 6) is 0. The van der Waals surface area contributed by atoms with Crippen molar-refractivity contribution in [2.45, 2.75) is 0 Å². The number of para-hydroxylation sites is 2. The van der Waals surface area contributed by atoms with Gasteiger partial charge in [-0.3, -0.25) is 0 Å². The molecule has 0 spiro atoms. The molecule has 0 aliphatic carbocycles. The third kappa shape index (κ3) is 4.52. The molecule has 12 rings (SSSR count). The summed E-state index contributed by atoms with van der Waals surface area (Å²) in [6.07, 6.45) is 0. The minimum Gasteiger partial charge on any atom is -0.455 e. The van der Waals surface area contributed by atoms with Crippen LogP contribution < -0.4 is 0 Å². The van der Waals surface area contributed by atoms with Gasteiger partial charge in [-0.2, -0.15) is 0 Å². The van der Waals surface area contributed by atoms with Crippen molar-refractivity contribution in [3.8, 4) is 38.5 Å². The largest absolute Gasteiger partial charge is 0.455 e. The zero-order valence-corrected chi connectivity index (χ0v) is 30.3. The summed E-state index contributed by atoms with van der Waals surface area (Å²) < 4.78 is 10.4. The summed E-state index contributed by atoms with van der Waals surface area (Å²) in [4.78, 5) is 5.34. The molecule has 3 aromatic heterocycles. The van der Waals surface area contributed by atoms with Crippen molar-refractivity contribution in [3.05, 3.63) is 182 Å². The highest BCUT2D eigenvalue weighted by atomic mass is 32.1. The summed E-state index contributed by atoms with van der Waals surface area (Å²) in [5, 5.41) is 10.6. The number of benzene rings is 9. The SMILES string of the molecule is c1ccc(-c2cccc(-n3c4ccccc4c4c(-c5nc6ccc7oc8c(-c9cc%10ccccc%10c%10ccccc9%10)cccc8c7c6s5)cccc43)c2)cc1. The Morgan fingerprint density at radius 1 is 0.455 bits per heavy atom. The Bertz CT molecular complexity index is 3500. The van der Waals surface area contributed by atoms with E-state index in [0.29, 0.717) is 0 Å². The minimum absolute atomic E-state index is 0.878. The predicted molar refractivity (Wildman–Crippen MR) is 233 cm³/mol. The van der Waals surface area contributed by atoms with Gasteiger partial charge >= 0.3 is 0 Å². The molecule has 0 aliphatic heterocycles. The molecular weight excluding hydrogens is 689 g/mol. The van der Waals surface area contributed by atoms with Crippen LogP contribution in [-0.4, -0.2) is 9.55 Å². The van der Waals surface area contributed by atoms with E-state index < -0.39 is 0 Å². The van der Waals surface area contributed by atoms with Crippen molar-refractivity contribution >= 4 is 86.8 Å². The lowest BCUT2D eigenvalue weighted by Crippen LogP contribution is -1.94. The molecule has 4 heteroatoms. The van der Waals surface area contributed by atoms with Gasteiger partial charge in [0.25, 0.3) is 0 Å². The van der Waals surface area contributed by atoms with Crippen molar-refractivity contribution in [3.63, 3.8) is 0 Å². The van der Waals surface area contributed by atoms with Gasteiger partial charge in [0, 0.05) is 38.4 Å². The molecule has 0 unspecified atom stereocenters. The summed E-state index contributed by atoms with van der Waals surface area (Å²) in [6, 6.07) is 65.2. The van der Waals surface area contributed by atoms with E-state index in [-0.39, 0.29) is 0 Å². The summed E-state index contributed by atoms with van der Waals surface area (Å²) in [6.45, 7) is 0. The quantitative estimate of drug-likeness (QED) is 0.170. The second-order valence-corrected chi connectivity index (χ2v) is 15.2. The van der Waals surface area contributed by atoms with Gasteiger partial charge in [-0.1, -0.05) is 140 Å². The summed E-state index contributed by atoms with van der Waals surface area (Å²) in [7, 11) is 0. The maximum Gasteiger partial charge on any atom is 0.143 e. The zero-order valence-electron chi connectivity index (χ0n) is 29.5. The molecule has 256 valence electrons. The molecule has 0 amide bonds. The Balaban J connectivity index is 1.06. The van der Waals surface area contributed by atoms with Gasteiger partial charge in [0.1, 0.15) is 16.2 Å². The Labute approximate surface area is 320 Å². The van der Waals surface area contributed by atoms with Crippen LogP contribution in [0.2, 0.25) is 0 Å². The van der Waals surface area contributed by atoms with Crippen LogP contribution in [0, 0.1) is 0 Å². The standard InChI is InChI=1S/C51H30N2OS/c1-2-13-31(14-3-1)32-16-10-17-34(29-32)53-44-25-9-8-21-39(44)47-41(24-12-26-45(47)53)51-52-43-27-28-46-48(50(43)55-51)40-23-11-22-38(49(40)54-46)42-30-33-15-4-5-18-35(33)36-19-6-7-20-37(36)42/h1-30H. The number of nitrogens with zero attached hydrogens (tertiary/aromatic N) is 2. The first-order valence-corrected chi connectivity index (χ1v) is 19.4. The lowest BCUT2D eigenvalue weighted by atomic mass is 9.92. The van der Waals surface area contributed by atoms with Crippen LogP contribution in [0.4, 0.5) is 0 Å². The lowest BCUT2D eigenvalue weighted by Gasteiger charge is -2.11. The third-order valence-corrected chi connectivity index (χ3v) is 12.3. The van der Waals surface area contributed by atoms with Crippen LogP contribution in [0.1, 0.15) is 0 Å². The van der Waals surface area contributed by atoms with Gasteiger partial charge in [-0.15, -0.1) is 11.3 Å². The number of fused-ring (bicyclic) bond motifs is 11. The van der Waals surface area contributed by atoms with Gasteiger partial charge in [-0.05, 0) is 80.7 Å². The van der Waals surface area contributed by atoms with Gasteiger partial charge < -0.3 is 8.98 Å². The summed E-state index contributed by atoms with van der Waals surface area (Å²) in [5.41, 5.74) is 12.0. The fraction of sp³-hybridized carbons (Fsp3) is 0. The zero-order chi connectivity index (χ0) is 36.0. The van der Waals surface area contributed by atoms with E-state index in [1.165, 1.54) is 54.5 Å². The predicted octanol–water partition coefficient (Wildman–Crippen LogP) is 14.6. The summed E-state index contributed by atoms with van der Waals surface area (Å²) >= 11 is 1.75. The van der Waals surface area contributed by atoms with Crippen molar-refractivity contribution < 1.29 is 4.42 Å². The van der Waals surface area contributed by atoms with E-state index >= 15 is 0 Å². The second-order valence-electron chi connectivity index (χ2n) is 14.2. The molecule has 0 N–H and O–H groups in total. The average molecular weight is 719 g/mol. The molecule has 9 aromatic carbocycles. The normalized spacial score (nSPS) is 12.0. The van der Waals surface area contributed by atoms with Crippen LogP contribution in [0.25, 0.3) is 114 Å². The third-order valence-electron chi connectivity index (χ3n) is 11.2. The second kappa shape index (κ2) is 11.7. The first-order valence-electron chi connectivity index (χ1n) is 18.6. The van der Waals surface area contributed by atoms with Gasteiger partial charge in [0.2, 0.25) is 0 Å². The Morgan fingerprint density at radius 3 is 2.05 bits per heavy atom. The smallest absolute Gasteiger partial charge is 0.143 e. The van der Waals surface area contributed by atoms with Crippen molar-refractivity contribution in [2.75, 3.05) is 0 Å². The van der Waals surface area contributed by atoms with E-state index in [9.17, 15) is 0 Å². The molecule has 0 fully saturated rings. The highest BCUT2D eigenvalue weighted by Crippen LogP contribution is 2.46. The van der Waals surface area contributed by atoms with E-state index in [2.05, 4.69) is 187 Å². The van der Waals surface area contributed by atoms with E-state index in [4.69, 9.17) is 9.40 Å². The molecule has 3 nitrogen and oxygen atoms in total. The van der Waals surface area contributed by atoms with Crippen molar-refractivity contribution in [1.82, 2.24) is 9.55 Å². The van der Waals surface area contributed by atoms with Crippen LogP contribution in [0.3, 0.4) is 0 Å². The fourth-order valence-corrected chi connectivity index (χ4v) is 9.95. The number of aromatic nitrogens is 2. The first kappa shape index (κ1) is 30.5. The van der Waals surface area contributed by atoms with E-state index in [0.717, 1.165) is 59.5 Å². The molecule has 0 bridgehead atoms. The van der Waals surface area contributed by atoms with Crippen LogP contribution in [-0.2, 0) is 0 Å². The van der Waals surface area contributed by atoms with Crippen LogP contribution >= 0.6 is 11.3 Å². The number of thiazole rings is 1. The molecular formula is C51H30N2OS. The van der Waals surface area contributed by atoms with Crippen LogP contribution in [0.15, 0.2) is 186 Å². The lowest BCUT2D eigenvalue weighted by molar-refractivity contribution is 0.670. The van der Waals surface area contributed by atoms with Gasteiger partial charge in [-0.25, -0.2) is 4.98 Å². The fourth-order valence-electron chi connectivity index (χ4n) is 8.80. The maximum atomic E-state index is 6.82. The minimum atomic E-state index is 0.878. The maximum absolute atomic E-state index is 6.82. The molecule has 0 atom stereocenters. The molecule has 0 radical (unpaired) electrons. The Kier molecular flexibility index (Phi) is 6.50.